The van der Waals surface area contributed by atoms with Gasteiger partial charge in [-0.1, -0.05) is 35.9 Å². The zero-order valence-electron chi connectivity index (χ0n) is 10.7. The highest BCUT2D eigenvalue weighted by Crippen LogP contribution is 2.28. The van der Waals surface area contributed by atoms with Gasteiger partial charge in [0.1, 0.15) is 0 Å². The summed E-state index contributed by atoms with van der Waals surface area (Å²) in [5.74, 6) is 0.780. The van der Waals surface area contributed by atoms with Gasteiger partial charge in [0, 0.05) is 16.7 Å². The van der Waals surface area contributed by atoms with Crippen LogP contribution in [0.2, 0.25) is 5.02 Å². The molecule has 0 radical (unpaired) electrons. The normalized spacial score (nSPS) is 10.5. The lowest BCUT2D eigenvalue weighted by Crippen LogP contribution is -1.92. The fraction of sp³-hybridized carbons (Fsp3) is 0. The lowest BCUT2D eigenvalue weighted by molar-refractivity contribution is -0.384. The van der Waals surface area contributed by atoms with Gasteiger partial charge in [-0.25, -0.2) is 4.98 Å². The van der Waals surface area contributed by atoms with Gasteiger partial charge < -0.3 is 0 Å². The number of nitrogens with zero attached hydrogens (tertiary/aromatic N) is 3. The summed E-state index contributed by atoms with van der Waals surface area (Å²) in [4.78, 5) is 14.9. The molecule has 7 heteroatoms. The molecule has 0 aliphatic heterocycles. The van der Waals surface area contributed by atoms with Crippen LogP contribution in [0.1, 0.15) is 0 Å². The maximum Gasteiger partial charge on any atom is 0.280 e. The lowest BCUT2D eigenvalue weighted by atomic mass is 10.1. The number of para-hydroxylation sites is 1. The number of aromatic nitrogens is 3. The Morgan fingerprint density at radius 3 is 2.71 bits per heavy atom. The largest absolute Gasteiger partial charge is 0.280 e. The maximum absolute atomic E-state index is 11.0. The second kappa shape index (κ2) is 5.34. The molecule has 1 heterocycles. The summed E-state index contributed by atoms with van der Waals surface area (Å²) in [7, 11) is 0. The van der Waals surface area contributed by atoms with Crippen LogP contribution >= 0.6 is 11.6 Å². The van der Waals surface area contributed by atoms with E-state index in [9.17, 15) is 10.1 Å². The highest BCUT2D eigenvalue weighted by molar-refractivity contribution is 6.30. The molecule has 1 N–H and O–H groups in total. The molecule has 3 rings (SSSR count). The van der Waals surface area contributed by atoms with Crippen molar-refractivity contribution in [2.45, 2.75) is 0 Å². The fourth-order valence-electron chi connectivity index (χ4n) is 1.97. The highest BCUT2D eigenvalue weighted by atomic mass is 35.5. The van der Waals surface area contributed by atoms with Crippen molar-refractivity contribution < 1.29 is 4.92 Å². The van der Waals surface area contributed by atoms with Crippen molar-refractivity contribution in [1.29, 1.82) is 0 Å². The van der Waals surface area contributed by atoms with Crippen molar-refractivity contribution >= 4 is 17.3 Å². The van der Waals surface area contributed by atoms with Crippen molar-refractivity contribution in [3.05, 3.63) is 63.7 Å². The van der Waals surface area contributed by atoms with Gasteiger partial charge in [-0.2, -0.15) is 5.10 Å². The Bertz CT molecular complexity index is 816. The Balaban J connectivity index is 2.05. The molecule has 0 bridgehead atoms. The van der Waals surface area contributed by atoms with Crippen molar-refractivity contribution in [2.75, 3.05) is 0 Å². The first-order valence-corrected chi connectivity index (χ1v) is 6.45. The van der Waals surface area contributed by atoms with Gasteiger partial charge in [-0.3, -0.25) is 15.2 Å². The second-order valence-electron chi connectivity index (χ2n) is 4.29. The molecule has 0 fully saturated rings. The summed E-state index contributed by atoms with van der Waals surface area (Å²) in [6.07, 6.45) is 0. The van der Waals surface area contributed by atoms with Gasteiger partial charge >= 0.3 is 0 Å². The molecular formula is C14H9ClN4O2. The van der Waals surface area contributed by atoms with E-state index in [-0.39, 0.29) is 5.69 Å². The van der Waals surface area contributed by atoms with Crippen molar-refractivity contribution in [3.8, 4) is 22.8 Å². The van der Waals surface area contributed by atoms with Gasteiger partial charge in [0.2, 0.25) is 0 Å². The molecule has 3 aromatic rings. The highest BCUT2D eigenvalue weighted by Gasteiger charge is 2.17. The minimum atomic E-state index is -0.448. The van der Waals surface area contributed by atoms with Crippen LogP contribution in [0.25, 0.3) is 22.8 Å². The van der Waals surface area contributed by atoms with E-state index < -0.39 is 4.92 Å². The first-order chi connectivity index (χ1) is 10.1. The van der Waals surface area contributed by atoms with Crippen LogP contribution < -0.4 is 0 Å². The molecule has 2 aromatic carbocycles. The predicted octanol–water partition coefficient (Wildman–Crippen LogP) is 3.70. The number of nitrogens with one attached hydrogen (secondary N) is 1. The third kappa shape index (κ3) is 2.61. The smallest absolute Gasteiger partial charge is 0.258 e. The van der Waals surface area contributed by atoms with Gasteiger partial charge in [0.15, 0.2) is 11.6 Å². The topological polar surface area (TPSA) is 84.7 Å². The van der Waals surface area contributed by atoms with Crippen LogP contribution in [-0.2, 0) is 0 Å². The summed E-state index contributed by atoms with van der Waals surface area (Å²) in [6, 6.07) is 13.5. The summed E-state index contributed by atoms with van der Waals surface area (Å²) < 4.78 is 0. The standard InChI is InChI=1S/C14H9ClN4O2/c15-10-5-3-4-9(8-10)13-16-14(18-17-13)11-6-1-2-7-12(11)19(20)21/h1-8H,(H,16,17,18). The molecule has 104 valence electrons. The van der Waals surface area contributed by atoms with Crippen molar-refractivity contribution in [1.82, 2.24) is 15.2 Å². The monoisotopic (exact) mass is 300 g/mol. The molecule has 0 saturated carbocycles. The maximum atomic E-state index is 11.0. The van der Waals surface area contributed by atoms with Crippen molar-refractivity contribution in [3.63, 3.8) is 0 Å². The first kappa shape index (κ1) is 13.3. The quantitative estimate of drug-likeness (QED) is 0.590. The van der Waals surface area contributed by atoms with Gasteiger partial charge in [-0.05, 0) is 18.2 Å². The number of halogens is 1. The average Bonchev–Trinajstić information content (AvgIpc) is 2.97. The van der Waals surface area contributed by atoms with Gasteiger partial charge in [-0.15, -0.1) is 0 Å². The number of nitro benzene ring substituents is 1. The number of nitro groups is 1. The van der Waals surface area contributed by atoms with Crippen LogP contribution in [0, 0.1) is 10.1 Å². The molecular weight excluding hydrogens is 292 g/mol. The summed E-state index contributed by atoms with van der Waals surface area (Å²) >= 11 is 5.93. The molecule has 6 nitrogen and oxygen atoms in total. The van der Waals surface area contributed by atoms with Gasteiger partial charge in [0.05, 0.1) is 10.5 Å². The number of aromatic amines is 1. The molecule has 0 aliphatic rings. The summed E-state index contributed by atoms with van der Waals surface area (Å²) in [6.45, 7) is 0. The van der Waals surface area contributed by atoms with Gasteiger partial charge in [0.25, 0.3) is 5.69 Å². The predicted molar refractivity (Wildman–Crippen MR) is 78.9 cm³/mol. The average molecular weight is 301 g/mol. The number of hydrogen-bond acceptors (Lipinski definition) is 4. The number of hydrogen-bond donors (Lipinski definition) is 1. The lowest BCUT2D eigenvalue weighted by Gasteiger charge is -1.98. The van der Waals surface area contributed by atoms with Crippen LogP contribution in [-0.4, -0.2) is 20.1 Å². The minimum absolute atomic E-state index is 0.0219. The second-order valence-corrected chi connectivity index (χ2v) is 4.73. The first-order valence-electron chi connectivity index (χ1n) is 6.07. The van der Waals surface area contributed by atoms with E-state index in [1.165, 1.54) is 6.07 Å². The molecule has 0 atom stereocenters. The van der Waals surface area contributed by atoms with E-state index in [0.29, 0.717) is 22.2 Å². The molecule has 1 aromatic heterocycles. The van der Waals surface area contributed by atoms with Crippen LogP contribution in [0.5, 0.6) is 0 Å². The zero-order valence-corrected chi connectivity index (χ0v) is 11.4. The molecule has 0 aliphatic carbocycles. The van der Waals surface area contributed by atoms with Crippen molar-refractivity contribution in [2.24, 2.45) is 0 Å². The summed E-state index contributed by atoms with van der Waals surface area (Å²) in [5, 5.41) is 18.4. The summed E-state index contributed by atoms with van der Waals surface area (Å²) in [5.41, 5.74) is 1.11. The van der Waals surface area contributed by atoms with E-state index in [1.54, 1.807) is 36.4 Å². The Morgan fingerprint density at radius 1 is 1.14 bits per heavy atom. The SMILES string of the molecule is O=[N+]([O-])c1ccccc1-c1nc(-c2cccc(Cl)c2)n[nH]1. The van der Waals surface area contributed by atoms with E-state index in [1.807, 2.05) is 6.07 Å². The van der Waals surface area contributed by atoms with Crippen LogP contribution in [0.4, 0.5) is 5.69 Å². The van der Waals surface area contributed by atoms with Crippen LogP contribution in [0.3, 0.4) is 0 Å². The Hall–Kier alpha value is -2.73. The fourth-order valence-corrected chi connectivity index (χ4v) is 2.16. The zero-order chi connectivity index (χ0) is 14.8. The number of H-pyrrole nitrogens is 1. The Kier molecular flexibility index (Phi) is 3.37. The van der Waals surface area contributed by atoms with E-state index in [2.05, 4.69) is 15.2 Å². The van der Waals surface area contributed by atoms with E-state index in [0.717, 1.165) is 5.56 Å². The third-order valence-electron chi connectivity index (χ3n) is 2.92. The molecule has 0 spiro atoms. The van der Waals surface area contributed by atoms with E-state index >= 15 is 0 Å². The molecule has 21 heavy (non-hydrogen) atoms. The molecule has 0 amide bonds. The van der Waals surface area contributed by atoms with Crippen LogP contribution in [0.15, 0.2) is 48.5 Å². The molecule has 0 saturated heterocycles. The minimum Gasteiger partial charge on any atom is -0.258 e. The third-order valence-corrected chi connectivity index (χ3v) is 3.16. The Labute approximate surface area is 124 Å². The number of rotatable bonds is 3. The molecule has 0 unspecified atom stereocenters. The van der Waals surface area contributed by atoms with E-state index in [4.69, 9.17) is 11.6 Å². The number of benzene rings is 2. The Morgan fingerprint density at radius 2 is 1.95 bits per heavy atom.